The lowest BCUT2D eigenvalue weighted by molar-refractivity contribution is -0.195. The number of carbonyl (C=O) groups excluding carboxylic acids is 1. The van der Waals surface area contributed by atoms with Crippen molar-refractivity contribution in [3.05, 3.63) is 24.3 Å². The van der Waals surface area contributed by atoms with Crippen molar-refractivity contribution < 1.29 is 23.7 Å². The summed E-state index contributed by atoms with van der Waals surface area (Å²) in [4.78, 5) is 11.8. The standard InChI is InChI=1S/C21H30O5/c1-5-6-7-9-12-17-18(15-23-16-19(22)26-20(2,3)4)25-21(24-17)13-10-8-11-14-21/h1,6-7,9,12,17-18H,8,10-11,13-16H2,2-4H3/b7-6+,12-9+/t17-,18+/m1/s1. The smallest absolute Gasteiger partial charge is 0.332 e. The minimum Gasteiger partial charge on any atom is -0.458 e. The van der Waals surface area contributed by atoms with Gasteiger partial charge in [-0.25, -0.2) is 4.79 Å². The summed E-state index contributed by atoms with van der Waals surface area (Å²) in [5, 5.41) is 0. The van der Waals surface area contributed by atoms with E-state index >= 15 is 0 Å². The van der Waals surface area contributed by atoms with E-state index in [1.54, 1.807) is 12.2 Å². The van der Waals surface area contributed by atoms with Crippen molar-refractivity contribution in [2.45, 2.75) is 76.5 Å². The predicted molar refractivity (Wildman–Crippen MR) is 99.3 cm³/mol. The quantitative estimate of drug-likeness (QED) is 0.411. The van der Waals surface area contributed by atoms with Gasteiger partial charge in [-0.15, -0.1) is 6.42 Å². The number of esters is 1. The number of hydrogen-bond donors (Lipinski definition) is 0. The van der Waals surface area contributed by atoms with Crippen LogP contribution >= 0.6 is 0 Å². The van der Waals surface area contributed by atoms with Gasteiger partial charge < -0.3 is 18.9 Å². The van der Waals surface area contributed by atoms with Gasteiger partial charge in [0.05, 0.1) is 6.61 Å². The van der Waals surface area contributed by atoms with E-state index in [2.05, 4.69) is 5.92 Å². The van der Waals surface area contributed by atoms with Crippen molar-refractivity contribution in [2.75, 3.05) is 13.2 Å². The molecule has 1 aliphatic carbocycles. The minimum absolute atomic E-state index is 0.0996. The molecule has 5 nitrogen and oxygen atoms in total. The first-order chi connectivity index (χ1) is 12.3. The van der Waals surface area contributed by atoms with Gasteiger partial charge in [0.15, 0.2) is 5.79 Å². The van der Waals surface area contributed by atoms with Crippen LogP contribution in [0.3, 0.4) is 0 Å². The van der Waals surface area contributed by atoms with E-state index in [9.17, 15) is 4.79 Å². The normalized spacial score (nSPS) is 25.8. The Morgan fingerprint density at radius 1 is 1.23 bits per heavy atom. The molecular formula is C21H30O5. The lowest BCUT2D eigenvalue weighted by Crippen LogP contribution is -2.34. The van der Waals surface area contributed by atoms with Crippen molar-refractivity contribution >= 4 is 5.97 Å². The average Bonchev–Trinajstić information content (AvgIpc) is 2.88. The Labute approximate surface area is 156 Å². The highest BCUT2D eigenvalue weighted by atomic mass is 16.8. The molecule has 0 unspecified atom stereocenters. The number of rotatable bonds is 6. The van der Waals surface area contributed by atoms with Crippen LogP contribution in [0, 0.1) is 12.3 Å². The van der Waals surface area contributed by atoms with E-state index in [1.165, 1.54) is 6.42 Å². The van der Waals surface area contributed by atoms with E-state index in [4.69, 9.17) is 25.4 Å². The number of ether oxygens (including phenoxy) is 4. The van der Waals surface area contributed by atoms with E-state index in [-0.39, 0.29) is 31.4 Å². The van der Waals surface area contributed by atoms with E-state index in [0.29, 0.717) is 0 Å². The fourth-order valence-electron chi connectivity index (χ4n) is 3.23. The molecule has 1 spiro atoms. The molecule has 2 atom stereocenters. The zero-order chi connectivity index (χ0) is 19.0. The molecule has 0 aromatic rings. The molecule has 0 aromatic carbocycles. The van der Waals surface area contributed by atoms with Crippen LogP contribution < -0.4 is 0 Å². The molecule has 0 bridgehead atoms. The molecule has 5 heteroatoms. The lowest BCUT2D eigenvalue weighted by atomic mass is 9.94. The van der Waals surface area contributed by atoms with Crippen molar-refractivity contribution in [3.8, 4) is 12.3 Å². The first-order valence-electron chi connectivity index (χ1n) is 9.28. The minimum atomic E-state index is -0.525. The summed E-state index contributed by atoms with van der Waals surface area (Å²) in [6.07, 6.45) is 17.1. The maximum atomic E-state index is 11.8. The molecule has 2 fully saturated rings. The van der Waals surface area contributed by atoms with Gasteiger partial charge in [0, 0.05) is 12.8 Å². The fourth-order valence-corrected chi connectivity index (χ4v) is 3.23. The van der Waals surface area contributed by atoms with Crippen molar-refractivity contribution in [1.82, 2.24) is 0 Å². The summed E-state index contributed by atoms with van der Waals surface area (Å²) in [7, 11) is 0. The second-order valence-electron chi connectivity index (χ2n) is 7.72. The summed E-state index contributed by atoms with van der Waals surface area (Å²) in [5.41, 5.74) is -0.520. The monoisotopic (exact) mass is 362 g/mol. The lowest BCUT2D eigenvalue weighted by Gasteiger charge is -2.31. The molecule has 0 amide bonds. The first-order valence-corrected chi connectivity index (χ1v) is 9.28. The second kappa shape index (κ2) is 9.36. The fraction of sp³-hybridized carbons (Fsp3) is 0.667. The topological polar surface area (TPSA) is 54.0 Å². The molecule has 26 heavy (non-hydrogen) atoms. The Morgan fingerprint density at radius 3 is 2.62 bits per heavy atom. The van der Waals surface area contributed by atoms with Gasteiger partial charge in [-0.05, 0) is 39.7 Å². The zero-order valence-corrected chi connectivity index (χ0v) is 16.0. The zero-order valence-electron chi connectivity index (χ0n) is 16.0. The summed E-state index contributed by atoms with van der Waals surface area (Å²) in [6, 6.07) is 0. The molecule has 2 rings (SSSR count). The molecular weight excluding hydrogens is 332 g/mol. The summed E-state index contributed by atoms with van der Waals surface area (Å²) < 4.78 is 23.3. The Bertz CT molecular complexity index is 558. The number of carbonyl (C=O) groups is 1. The van der Waals surface area contributed by atoms with Gasteiger partial charge in [0.25, 0.3) is 0 Å². The van der Waals surface area contributed by atoms with Gasteiger partial charge in [-0.3, -0.25) is 0 Å². The molecule has 0 N–H and O–H groups in total. The third kappa shape index (κ3) is 6.60. The van der Waals surface area contributed by atoms with Gasteiger partial charge in [-0.2, -0.15) is 0 Å². The second-order valence-corrected chi connectivity index (χ2v) is 7.72. The Hall–Kier alpha value is -1.61. The average molecular weight is 362 g/mol. The van der Waals surface area contributed by atoms with Crippen LogP contribution in [0.1, 0.15) is 52.9 Å². The van der Waals surface area contributed by atoms with Crippen molar-refractivity contribution in [3.63, 3.8) is 0 Å². The van der Waals surface area contributed by atoms with Gasteiger partial charge in [0.2, 0.25) is 0 Å². The summed E-state index contributed by atoms with van der Waals surface area (Å²) in [5.74, 6) is 1.54. The van der Waals surface area contributed by atoms with Gasteiger partial charge in [0.1, 0.15) is 24.4 Å². The molecule has 1 aliphatic heterocycles. The van der Waals surface area contributed by atoms with Crippen LogP contribution in [-0.2, 0) is 23.7 Å². The SMILES string of the molecule is C#C/C=C/C=C/[C@H]1OC2(CCCCC2)O[C@H]1COCC(=O)OC(C)(C)C. The maximum absolute atomic E-state index is 11.8. The number of terminal acetylenes is 1. The van der Waals surface area contributed by atoms with Crippen LogP contribution in [-0.4, -0.2) is 42.8 Å². The predicted octanol–water partition coefficient (Wildman–Crippen LogP) is 3.53. The van der Waals surface area contributed by atoms with E-state index < -0.39 is 11.4 Å². The Balaban J connectivity index is 1.91. The molecule has 1 saturated heterocycles. The van der Waals surface area contributed by atoms with Crippen molar-refractivity contribution in [2.24, 2.45) is 0 Å². The highest BCUT2D eigenvalue weighted by Crippen LogP contribution is 2.40. The van der Waals surface area contributed by atoms with Crippen LogP contribution in [0.15, 0.2) is 24.3 Å². The number of allylic oxidation sites excluding steroid dienone is 3. The summed E-state index contributed by atoms with van der Waals surface area (Å²) in [6.45, 7) is 5.66. The number of hydrogen-bond acceptors (Lipinski definition) is 5. The summed E-state index contributed by atoms with van der Waals surface area (Å²) >= 11 is 0. The van der Waals surface area contributed by atoms with Gasteiger partial charge in [-0.1, -0.05) is 30.6 Å². The van der Waals surface area contributed by atoms with E-state index in [0.717, 1.165) is 25.7 Å². The van der Waals surface area contributed by atoms with Gasteiger partial charge >= 0.3 is 5.97 Å². The Kier molecular flexibility index (Phi) is 7.45. The molecule has 0 radical (unpaired) electrons. The first kappa shape index (κ1) is 20.7. The van der Waals surface area contributed by atoms with E-state index in [1.807, 2.05) is 32.9 Å². The largest absolute Gasteiger partial charge is 0.458 e. The van der Waals surface area contributed by atoms with Crippen molar-refractivity contribution in [1.29, 1.82) is 0 Å². The Morgan fingerprint density at radius 2 is 1.96 bits per heavy atom. The molecule has 1 saturated carbocycles. The van der Waals surface area contributed by atoms with Crippen LogP contribution in [0.2, 0.25) is 0 Å². The highest BCUT2D eigenvalue weighted by Gasteiger charge is 2.47. The molecule has 1 heterocycles. The maximum Gasteiger partial charge on any atom is 0.332 e. The highest BCUT2D eigenvalue weighted by molar-refractivity contribution is 5.71. The molecule has 2 aliphatic rings. The third-order valence-electron chi connectivity index (χ3n) is 4.23. The van der Waals surface area contributed by atoms with Crippen LogP contribution in [0.4, 0.5) is 0 Å². The van der Waals surface area contributed by atoms with Crippen LogP contribution in [0.5, 0.6) is 0 Å². The molecule has 144 valence electrons. The van der Waals surface area contributed by atoms with Crippen LogP contribution in [0.25, 0.3) is 0 Å². The third-order valence-corrected chi connectivity index (χ3v) is 4.23. The molecule has 0 aromatic heterocycles.